The molecule has 0 radical (unpaired) electrons. The fourth-order valence-electron chi connectivity index (χ4n) is 0.541. The van der Waals surface area contributed by atoms with Gasteiger partial charge in [0.15, 0.2) is 0 Å². The lowest BCUT2D eigenvalue weighted by atomic mass is 10.2. The minimum atomic E-state index is -2.00. The maximum atomic E-state index is 10.8. The molecule has 0 fully saturated rings. The largest absolute Gasteiger partial charge is 0.465 e. The van der Waals surface area contributed by atoms with Crippen LogP contribution >= 0.6 is 0 Å². The number of hydrogen-bond donors (Lipinski definition) is 2. The summed E-state index contributed by atoms with van der Waals surface area (Å²) in [5.74, 6) is -1.58. The number of ether oxygens (including phenoxy) is 2. The summed E-state index contributed by atoms with van der Waals surface area (Å²) in [6.45, 7) is 4.27. The van der Waals surface area contributed by atoms with Crippen LogP contribution in [0, 0.1) is 0 Å². The molecule has 0 aromatic rings. The highest BCUT2D eigenvalue weighted by Crippen LogP contribution is 1.99. The first-order valence-corrected chi connectivity index (χ1v) is 4.01. The number of carbonyl (C=O) groups excluding carboxylic acids is 2. The minimum Gasteiger partial charge on any atom is -0.465 e. The highest BCUT2D eigenvalue weighted by molar-refractivity contribution is 5.91. The van der Waals surface area contributed by atoms with Crippen LogP contribution in [0.3, 0.4) is 0 Å². The molecule has 0 bridgehead atoms. The summed E-state index contributed by atoms with van der Waals surface area (Å²) in [7, 11) is 4.36. The van der Waals surface area contributed by atoms with Crippen molar-refractivity contribution in [2.45, 2.75) is 12.6 Å². The Kier molecular flexibility index (Phi) is 8.51. The fourth-order valence-corrected chi connectivity index (χ4v) is 0.541. The van der Waals surface area contributed by atoms with Gasteiger partial charge in [0.1, 0.15) is 0 Å². The predicted octanol–water partition coefficient (Wildman–Crippen LogP) is -0.567. The minimum absolute atomic E-state index is 0.648. The highest BCUT2D eigenvalue weighted by atomic mass is 16.5. The van der Waals surface area contributed by atoms with E-state index in [4.69, 9.17) is 0 Å². The van der Waals surface area contributed by atoms with Crippen molar-refractivity contribution < 1.29 is 24.2 Å². The van der Waals surface area contributed by atoms with E-state index < -0.39 is 17.6 Å². The van der Waals surface area contributed by atoms with E-state index in [0.717, 1.165) is 20.1 Å². The number of amides is 1. The molecule has 88 valence electrons. The molecule has 0 saturated heterocycles. The molecule has 1 atom stereocenters. The van der Waals surface area contributed by atoms with E-state index in [1.807, 2.05) is 5.32 Å². The topological polar surface area (TPSA) is 84.9 Å². The normalized spacial score (nSPS) is 12.6. The number of carbonyl (C=O) groups is 2. The van der Waals surface area contributed by atoms with Crippen LogP contribution in [-0.4, -0.2) is 44.0 Å². The Morgan fingerprint density at radius 2 is 1.80 bits per heavy atom. The number of esters is 1. The molecule has 0 spiro atoms. The summed E-state index contributed by atoms with van der Waals surface area (Å²) < 4.78 is 8.47. The van der Waals surface area contributed by atoms with Gasteiger partial charge in [-0.25, -0.2) is 4.79 Å². The van der Waals surface area contributed by atoms with Crippen LogP contribution in [0.1, 0.15) is 6.92 Å². The highest BCUT2D eigenvalue weighted by Gasteiger charge is 2.32. The quantitative estimate of drug-likeness (QED) is 0.377. The van der Waals surface area contributed by atoms with Crippen molar-refractivity contribution in [3.63, 3.8) is 0 Å². The molecule has 0 saturated carbocycles. The van der Waals surface area contributed by atoms with Crippen molar-refractivity contribution in [1.82, 2.24) is 5.32 Å². The van der Waals surface area contributed by atoms with Gasteiger partial charge in [0.05, 0.1) is 7.11 Å². The van der Waals surface area contributed by atoms with E-state index in [1.165, 1.54) is 0 Å². The maximum absolute atomic E-state index is 10.8. The SMILES string of the molecule is C=CC(=O)NC(C)(O)C(=O)OC.COC. The lowest BCUT2D eigenvalue weighted by Crippen LogP contribution is -2.52. The van der Waals surface area contributed by atoms with Crippen LogP contribution in [-0.2, 0) is 19.1 Å². The molecular weight excluding hydrogens is 202 g/mol. The van der Waals surface area contributed by atoms with Crippen molar-refractivity contribution in [3.8, 4) is 0 Å². The molecule has 1 unspecified atom stereocenters. The second-order valence-electron chi connectivity index (χ2n) is 2.67. The Morgan fingerprint density at radius 1 is 1.40 bits per heavy atom. The number of aliphatic hydroxyl groups is 1. The monoisotopic (exact) mass is 219 g/mol. The zero-order valence-electron chi connectivity index (χ0n) is 9.36. The van der Waals surface area contributed by atoms with Crippen molar-refractivity contribution in [3.05, 3.63) is 12.7 Å². The van der Waals surface area contributed by atoms with Crippen molar-refractivity contribution in [2.24, 2.45) is 0 Å². The Bertz CT molecular complexity index is 225. The van der Waals surface area contributed by atoms with Crippen LogP contribution in [0.4, 0.5) is 0 Å². The molecule has 0 aliphatic heterocycles. The summed E-state index contributed by atoms with van der Waals surface area (Å²) in [5.41, 5.74) is -2.00. The van der Waals surface area contributed by atoms with E-state index in [0.29, 0.717) is 0 Å². The maximum Gasteiger partial charge on any atom is 0.359 e. The Labute approximate surface area is 88.9 Å². The lowest BCUT2D eigenvalue weighted by molar-refractivity contribution is -0.165. The molecule has 6 nitrogen and oxygen atoms in total. The zero-order chi connectivity index (χ0) is 12.5. The summed E-state index contributed by atoms with van der Waals surface area (Å²) >= 11 is 0. The average molecular weight is 219 g/mol. The van der Waals surface area contributed by atoms with E-state index in [-0.39, 0.29) is 0 Å². The van der Waals surface area contributed by atoms with Gasteiger partial charge >= 0.3 is 5.97 Å². The van der Waals surface area contributed by atoms with E-state index in [2.05, 4.69) is 16.1 Å². The molecule has 2 N–H and O–H groups in total. The van der Waals surface area contributed by atoms with Gasteiger partial charge in [0.25, 0.3) is 0 Å². The molecule has 15 heavy (non-hydrogen) atoms. The van der Waals surface area contributed by atoms with Gasteiger partial charge in [-0.15, -0.1) is 0 Å². The van der Waals surface area contributed by atoms with Gasteiger partial charge in [-0.3, -0.25) is 4.79 Å². The third-order valence-corrected chi connectivity index (χ3v) is 1.13. The third-order valence-electron chi connectivity index (χ3n) is 1.13. The van der Waals surface area contributed by atoms with Crippen LogP contribution < -0.4 is 5.32 Å². The predicted molar refractivity (Wildman–Crippen MR) is 53.9 cm³/mol. The van der Waals surface area contributed by atoms with Gasteiger partial charge in [-0.05, 0) is 13.0 Å². The molecule has 0 aliphatic rings. The van der Waals surface area contributed by atoms with Crippen LogP contribution in [0.15, 0.2) is 12.7 Å². The van der Waals surface area contributed by atoms with Crippen LogP contribution in [0.2, 0.25) is 0 Å². The zero-order valence-corrected chi connectivity index (χ0v) is 9.36. The average Bonchev–Trinajstić information content (AvgIpc) is 2.16. The van der Waals surface area contributed by atoms with E-state index in [1.54, 1.807) is 14.2 Å². The second-order valence-corrected chi connectivity index (χ2v) is 2.67. The number of methoxy groups -OCH3 is 2. The van der Waals surface area contributed by atoms with Gasteiger partial charge < -0.3 is 19.9 Å². The number of rotatable bonds is 3. The Balaban J connectivity index is 0. The fraction of sp³-hybridized carbons (Fsp3) is 0.556. The lowest BCUT2D eigenvalue weighted by Gasteiger charge is -2.20. The van der Waals surface area contributed by atoms with Gasteiger partial charge in [0.2, 0.25) is 11.6 Å². The Hall–Kier alpha value is -1.40. The number of hydrogen-bond acceptors (Lipinski definition) is 5. The van der Waals surface area contributed by atoms with Crippen molar-refractivity contribution in [2.75, 3.05) is 21.3 Å². The van der Waals surface area contributed by atoms with Crippen LogP contribution in [0.5, 0.6) is 0 Å². The van der Waals surface area contributed by atoms with Crippen molar-refractivity contribution in [1.29, 1.82) is 0 Å². The van der Waals surface area contributed by atoms with Gasteiger partial charge in [0, 0.05) is 14.2 Å². The van der Waals surface area contributed by atoms with Crippen molar-refractivity contribution >= 4 is 11.9 Å². The molecule has 1 amide bonds. The summed E-state index contributed by atoms with van der Waals surface area (Å²) in [4.78, 5) is 21.4. The smallest absolute Gasteiger partial charge is 0.359 e. The van der Waals surface area contributed by atoms with Gasteiger partial charge in [-0.1, -0.05) is 6.58 Å². The van der Waals surface area contributed by atoms with Gasteiger partial charge in [-0.2, -0.15) is 0 Å². The first-order valence-electron chi connectivity index (χ1n) is 4.01. The Morgan fingerprint density at radius 3 is 2.07 bits per heavy atom. The summed E-state index contributed by atoms with van der Waals surface area (Å²) in [6, 6.07) is 0. The first kappa shape index (κ1) is 16.0. The number of nitrogens with one attached hydrogen (secondary N) is 1. The van der Waals surface area contributed by atoms with Crippen LogP contribution in [0.25, 0.3) is 0 Å². The standard InChI is InChI=1S/C7H11NO4.C2H6O/c1-4-5(9)8-7(2,11)6(10)12-3;1-3-2/h4,11H,1H2,2-3H3,(H,8,9);1-2H3. The molecule has 0 heterocycles. The summed E-state index contributed by atoms with van der Waals surface area (Å²) in [5, 5.41) is 11.2. The molecule has 6 heteroatoms. The van der Waals surface area contributed by atoms with E-state index in [9.17, 15) is 14.7 Å². The molecule has 0 aliphatic carbocycles. The second kappa shape index (κ2) is 7.95. The molecule has 0 aromatic carbocycles. The first-order chi connectivity index (χ1) is 6.85. The molecule has 0 rings (SSSR count). The molecule has 0 aromatic heterocycles. The van der Waals surface area contributed by atoms with E-state index >= 15 is 0 Å². The summed E-state index contributed by atoms with van der Waals surface area (Å²) in [6.07, 6.45) is 0.942. The third kappa shape index (κ3) is 7.65. The molecular formula is C9H17NO5.